The van der Waals surface area contributed by atoms with Gasteiger partial charge in [-0.1, -0.05) is 39.9 Å². The number of amides is 2. The van der Waals surface area contributed by atoms with Gasteiger partial charge in [0.2, 0.25) is 5.91 Å². The number of hydrogen-bond acceptors (Lipinski definition) is 3. The Morgan fingerprint density at radius 1 is 1.22 bits per heavy atom. The van der Waals surface area contributed by atoms with Crippen LogP contribution >= 0.6 is 0 Å². The molecular formula is C20H28N2O4Si. The molecule has 3 N–H and O–H groups in total. The molecule has 0 aliphatic carbocycles. The molecule has 0 heterocycles. The fourth-order valence-electron chi connectivity index (χ4n) is 1.94. The Hall–Kier alpha value is -2.59. The van der Waals surface area contributed by atoms with E-state index in [1.165, 1.54) is 13.0 Å². The predicted molar refractivity (Wildman–Crippen MR) is 109 cm³/mol. The molecule has 0 aromatic heterocycles. The van der Waals surface area contributed by atoms with E-state index in [0.717, 1.165) is 0 Å². The van der Waals surface area contributed by atoms with Crippen molar-refractivity contribution in [2.75, 3.05) is 5.32 Å². The Bertz CT molecular complexity index is 785. The second kappa shape index (κ2) is 8.87. The molecule has 2 amide bonds. The third-order valence-electron chi connectivity index (χ3n) is 4.63. The Kier molecular flexibility index (Phi) is 7.37. The summed E-state index contributed by atoms with van der Waals surface area (Å²) in [5.41, 5.74) is 4.00. The topological polar surface area (TPSA) is 95.5 Å². The van der Waals surface area contributed by atoms with Crippen molar-refractivity contribution in [3.8, 4) is 11.5 Å². The summed E-state index contributed by atoms with van der Waals surface area (Å²) in [6.45, 7) is 12.0. The number of rotatable bonds is 5. The van der Waals surface area contributed by atoms with Gasteiger partial charge in [-0.3, -0.25) is 9.59 Å². The number of carbonyl (C=O) groups is 3. The summed E-state index contributed by atoms with van der Waals surface area (Å²) in [6, 6.07) is 5.22. The Morgan fingerprint density at radius 2 is 1.85 bits per heavy atom. The van der Waals surface area contributed by atoms with Crippen LogP contribution in [0.5, 0.6) is 0 Å². The summed E-state index contributed by atoms with van der Waals surface area (Å²) in [4.78, 5) is 35.0. The van der Waals surface area contributed by atoms with Crippen molar-refractivity contribution in [3.63, 3.8) is 0 Å². The number of nitrogens with one attached hydrogen (secondary N) is 2. The van der Waals surface area contributed by atoms with Crippen molar-refractivity contribution < 1.29 is 19.5 Å². The zero-order valence-electron chi connectivity index (χ0n) is 16.8. The van der Waals surface area contributed by atoms with E-state index < -0.39 is 26.0 Å². The van der Waals surface area contributed by atoms with Gasteiger partial charge in [-0.05, 0) is 23.2 Å². The zero-order valence-corrected chi connectivity index (χ0v) is 17.8. The largest absolute Gasteiger partial charge is 0.480 e. The van der Waals surface area contributed by atoms with Gasteiger partial charge in [0.05, 0.1) is 0 Å². The third kappa shape index (κ3) is 6.91. The SMILES string of the molecule is CC(=O)Nc1cccc(C(=O)N[C@H](CC#C[Si](C)(C)C(C)(C)C)C(=O)O)c1. The van der Waals surface area contributed by atoms with Gasteiger partial charge < -0.3 is 15.7 Å². The molecule has 0 saturated carbocycles. The highest BCUT2D eigenvalue weighted by Crippen LogP contribution is 2.35. The van der Waals surface area contributed by atoms with Gasteiger partial charge in [-0.25, -0.2) is 4.79 Å². The van der Waals surface area contributed by atoms with Gasteiger partial charge in [-0.15, -0.1) is 11.5 Å². The van der Waals surface area contributed by atoms with Crippen LogP contribution in [0, 0.1) is 11.5 Å². The molecule has 0 fully saturated rings. The van der Waals surface area contributed by atoms with Crippen molar-refractivity contribution in [2.45, 2.75) is 58.3 Å². The molecule has 0 bridgehead atoms. The lowest BCUT2D eigenvalue weighted by Crippen LogP contribution is -2.41. The first-order chi connectivity index (χ1) is 12.3. The molecule has 1 rings (SSSR count). The number of benzene rings is 1. The number of carboxylic acids is 1. The number of aliphatic carboxylic acids is 1. The molecule has 0 spiro atoms. The number of carboxylic acid groups (broad SMARTS) is 1. The molecule has 1 atom stereocenters. The highest BCUT2D eigenvalue weighted by molar-refractivity contribution is 6.87. The van der Waals surface area contributed by atoms with Gasteiger partial charge in [0, 0.05) is 24.6 Å². The van der Waals surface area contributed by atoms with Crippen LogP contribution < -0.4 is 10.6 Å². The molecule has 0 saturated heterocycles. The van der Waals surface area contributed by atoms with Gasteiger partial charge in [0.25, 0.3) is 5.91 Å². The predicted octanol–water partition coefficient (Wildman–Crippen LogP) is 3.27. The monoisotopic (exact) mass is 388 g/mol. The quantitative estimate of drug-likeness (QED) is 0.533. The van der Waals surface area contributed by atoms with E-state index in [2.05, 4.69) is 56.0 Å². The average molecular weight is 389 g/mol. The second-order valence-electron chi connectivity index (χ2n) is 8.01. The van der Waals surface area contributed by atoms with Gasteiger partial charge in [0.15, 0.2) is 0 Å². The minimum atomic E-state index is -1.84. The maximum Gasteiger partial charge on any atom is 0.327 e. The van der Waals surface area contributed by atoms with Crippen molar-refractivity contribution in [1.82, 2.24) is 5.32 Å². The molecule has 0 aliphatic heterocycles. The van der Waals surface area contributed by atoms with E-state index in [0.29, 0.717) is 5.69 Å². The minimum absolute atomic E-state index is 0.0406. The molecule has 1 aromatic carbocycles. The van der Waals surface area contributed by atoms with Crippen LogP contribution in [0.3, 0.4) is 0 Å². The number of carbonyl (C=O) groups excluding carboxylic acids is 2. The first-order valence-corrected chi connectivity index (χ1v) is 11.7. The van der Waals surface area contributed by atoms with Gasteiger partial charge in [0.1, 0.15) is 14.1 Å². The molecular weight excluding hydrogens is 360 g/mol. The van der Waals surface area contributed by atoms with Crippen molar-refractivity contribution in [3.05, 3.63) is 29.8 Å². The lowest BCUT2D eigenvalue weighted by atomic mass is 10.1. The number of hydrogen-bond donors (Lipinski definition) is 3. The van der Waals surface area contributed by atoms with Gasteiger partial charge in [-0.2, -0.15) is 0 Å². The Labute approximate surface area is 161 Å². The number of anilines is 1. The molecule has 27 heavy (non-hydrogen) atoms. The van der Waals surface area contributed by atoms with E-state index >= 15 is 0 Å². The van der Waals surface area contributed by atoms with Crippen molar-refractivity contribution in [2.24, 2.45) is 0 Å². The standard InChI is InChI=1S/C20H28N2O4Si/c1-14(23)21-16-10-7-9-15(13-16)18(24)22-17(19(25)26)11-8-12-27(5,6)20(2,3)4/h7,9-10,13,17H,11H2,1-6H3,(H,21,23)(H,22,24)(H,25,26)/t17-/m1/s1. The van der Waals surface area contributed by atoms with Crippen LogP contribution in [0.25, 0.3) is 0 Å². The minimum Gasteiger partial charge on any atom is -0.480 e. The first kappa shape index (κ1) is 22.4. The molecule has 0 unspecified atom stereocenters. The van der Waals surface area contributed by atoms with Crippen LogP contribution in [-0.4, -0.2) is 37.0 Å². The lowest BCUT2D eigenvalue weighted by molar-refractivity contribution is -0.139. The fraction of sp³-hybridized carbons (Fsp3) is 0.450. The molecule has 146 valence electrons. The highest BCUT2D eigenvalue weighted by atomic mass is 28.3. The van der Waals surface area contributed by atoms with Gasteiger partial charge >= 0.3 is 5.97 Å². The van der Waals surface area contributed by atoms with E-state index in [1.807, 2.05) is 0 Å². The van der Waals surface area contributed by atoms with E-state index in [-0.39, 0.29) is 22.9 Å². The smallest absolute Gasteiger partial charge is 0.327 e. The summed E-state index contributed by atoms with van der Waals surface area (Å²) in [7, 11) is -1.84. The summed E-state index contributed by atoms with van der Waals surface area (Å²) in [5, 5.41) is 14.6. The third-order valence-corrected chi connectivity index (χ3v) is 9.18. The normalized spacial score (nSPS) is 12.4. The first-order valence-electron chi connectivity index (χ1n) is 8.75. The van der Waals surface area contributed by atoms with E-state index in [1.54, 1.807) is 18.2 Å². The maximum absolute atomic E-state index is 12.4. The highest BCUT2D eigenvalue weighted by Gasteiger charge is 2.33. The van der Waals surface area contributed by atoms with Crippen molar-refractivity contribution >= 4 is 31.5 Å². The lowest BCUT2D eigenvalue weighted by Gasteiger charge is -2.31. The molecule has 1 aromatic rings. The second-order valence-corrected chi connectivity index (χ2v) is 13.0. The zero-order chi connectivity index (χ0) is 20.8. The van der Waals surface area contributed by atoms with E-state index in [9.17, 15) is 19.5 Å². The summed E-state index contributed by atoms with van der Waals surface area (Å²) in [5.74, 6) is 1.06. The summed E-state index contributed by atoms with van der Waals surface area (Å²) < 4.78 is 0. The van der Waals surface area contributed by atoms with Crippen LogP contribution in [0.4, 0.5) is 5.69 Å². The average Bonchev–Trinajstić information content (AvgIpc) is 2.52. The van der Waals surface area contributed by atoms with Crippen LogP contribution in [-0.2, 0) is 9.59 Å². The summed E-state index contributed by atoms with van der Waals surface area (Å²) in [6.07, 6.45) is 0.0406. The van der Waals surface area contributed by atoms with Crippen molar-refractivity contribution in [1.29, 1.82) is 0 Å². The van der Waals surface area contributed by atoms with E-state index in [4.69, 9.17) is 0 Å². The fourth-order valence-corrected chi connectivity index (χ4v) is 2.86. The maximum atomic E-state index is 12.4. The molecule has 0 radical (unpaired) electrons. The Balaban J connectivity index is 2.88. The molecule has 7 heteroatoms. The summed E-state index contributed by atoms with van der Waals surface area (Å²) >= 11 is 0. The van der Waals surface area contributed by atoms with Crippen LogP contribution in [0.2, 0.25) is 18.1 Å². The Morgan fingerprint density at radius 3 is 2.37 bits per heavy atom. The molecule has 6 nitrogen and oxygen atoms in total. The molecule has 0 aliphatic rings. The van der Waals surface area contributed by atoms with Crippen LogP contribution in [0.1, 0.15) is 44.5 Å². The van der Waals surface area contributed by atoms with Crippen LogP contribution in [0.15, 0.2) is 24.3 Å².